The number of carbonyl (C=O) groups is 1. The molecule has 1 N–H and O–H groups in total. The number of carbonyl (C=O) groups excluding carboxylic acids is 1. The molecule has 0 atom stereocenters. The third-order valence-corrected chi connectivity index (χ3v) is 4.13. The molecule has 1 saturated heterocycles. The van der Waals surface area contributed by atoms with Crippen molar-refractivity contribution in [2.24, 2.45) is 0 Å². The van der Waals surface area contributed by atoms with Crippen LogP contribution < -0.4 is 5.32 Å². The lowest BCUT2D eigenvalue weighted by atomic mass is 10.4. The number of rotatable bonds is 5. The first-order valence-corrected chi connectivity index (χ1v) is 7.83. The van der Waals surface area contributed by atoms with Crippen molar-refractivity contribution >= 4 is 15.9 Å². The van der Waals surface area contributed by atoms with Crippen molar-refractivity contribution in [2.45, 2.75) is 6.42 Å². The number of nitrogens with zero attached hydrogens (tertiary/aromatic N) is 2. The van der Waals surface area contributed by atoms with Gasteiger partial charge in [-0.15, -0.1) is 6.58 Å². The Balaban J connectivity index is 2.42. The van der Waals surface area contributed by atoms with E-state index in [1.54, 1.807) is 6.08 Å². The molecule has 1 rings (SSSR count). The summed E-state index contributed by atoms with van der Waals surface area (Å²) in [5.41, 5.74) is 0. The van der Waals surface area contributed by atoms with E-state index in [-0.39, 0.29) is 5.91 Å². The molecule has 7 heteroatoms. The van der Waals surface area contributed by atoms with Crippen LogP contribution in [-0.2, 0) is 14.8 Å². The van der Waals surface area contributed by atoms with Crippen LogP contribution in [0.3, 0.4) is 0 Å². The summed E-state index contributed by atoms with van der Waals surface area (Å²) in [5.74, 6) is -0.0531. The molecule has 1 aliphatic rings. The van der Waals surface area contributed by atoms with Gasteiger partial charge in [-0.25, -0.2) is 12.7 Å². The van der Waals surface area contributed by atoms with E-state index >= 15 is 0 Å². The second-order valence-electron chi connectivity index (χ2n) is 4.38. The third kappa shape index (κ3) is 5.16. The molecule has 18 heavy (non-hydrogen) atoms. The van der Waals surface area contributed by atoms with Crippen LogP contribution in [0.25, 0.3) is 0 Å². The molecule has 0 aliphatic carbocycles. The maximum Gasteiger partial charge on any atom is 0.234 e. The van der Waals surface area contributed by atoms with Crippen molar-refractivity contribution in [1.82, 2.24) is 14.5 Å². The smallest absolute Gasteiger partial charge is 0.234 e. The van der Waals surface area contributed by atoms with E-state index in [4.69, 9.17) is 0 Å². The molecule has 6 nitrogen and oxygen atoms in total. The highest BCUT2D eigenvalue weighted by Crippen LogP contribution is 2.06. The molecule has 1 fully saturated rings. The third-order valence-electron chi connectivity index (χ3n) is 2.83. The van der Waals surface area contributed by atoms with Gasteiger partial charge in [-0.3, -0.25) is 9.69 Å². The Morgan fingerprint density at radius 1 is 1.33 bits per heavy atom. The van der Waals surface area contributed by atoms with E-state index < -0.39 is 10.0 Å². The number of nitrogens with one attached hydrogen (secondary N) is 1. The van der Waals surface area contributed by atoms with Gasteiger partial charge in [0.2, 0.25) is 15.9 Å². The van der Waals surface area contributed by atoms with Crippen molar-refractivity contribution in [1.29, 1.82) is 0 Å². The van der Waals surface area contributed by atoms with Gasteiger partial charge in [-0.1, -0.05) is 6.08 Å². The van der Waals surface area contributed by atoms with Gasteiger partial charge in [-0.2, -0.15) is 0 Å². The minimum Gasteiger partial charge on any atom is -0.352 e. The normalized spacial score (nSPS) is 19.2. The van der Waals surface area contributed by atoms with E-state index in [1.807, 2.05) is 4.90 Å². The lowest BCUT2D eigenvalue weighted by Gasteiger charge is -2.19. The predicted molar refractivity (Wildman–Crippen MR) is 70.7 cm³/mol. The van der Waals surface area contributed by atoms with Gasteiger partial charge < -0.3 is 5.32 Å². The maximum atomic E-state index is 11.5. The number of hydrogen-bond donors (Lipinski definition) is 1. The fourth-order valence-electron chi connectivity index (χ4n) is 1.88. The van der Waals surface area contributed by atoms with Crippen LogP contribution in [0.4, 0.5) is 0 Å². The molecule has 0 bridgehead atoms. The van der Waals surface area contributed by atoms with Crippen molar-refractivity contribution in [2.75, 3.05) is 45.5 Å². The zero-order chi connectivity index (χ0) is 13.6. The Bertz CT molecular complexity index is 394. The van der Waals surface area contributed by atoms with Gasteiger partial charge in [-0.05, 0) is 13.0 Å². The molecule has 0 saturated carbocycles. The number of amides is 1. The highest BCUT2D eigenvalue weighted by atomic mass is 32.2. The second kappa shape index (κ2) is 6.86. The zero-order valence-corrected chi connectivity index (χ0v) is 11.6. The van der Waals surface area contributed by atoms with Crippen LogP contribution in [0.1, 0.15) is 6.42 Å². The Kier molecular flexibility index (Phi) is 5.77. The van der Waals surface area contributed by atoms with Crippen molar-refractivity contribution in [3.05, 3.63) is 12.7 Å². The van der Waals surface area contributed by atoms with Gasteiger partial charge in [0.15, 0.2) is 0 Å². The summed E-state index contributed by atoms with van der Waals surface area (Å²) in [4.78, 5) is 13.5. The standard InChI is InChI=1S/C11H21N3O3S/c1-3-5-12-11(15)10-13-6-4-7-14(9-8-13)18(2,16)17/h3H,1,4-10H2,2H3,(H,12,15). The van der Waals surface area contributed by atoms with Crippen LogP contribution >= 0.6 is 0 Å². The Morgan fingerprint density at radius 2 is 2.06 bits per heavy atom. The van der Waals surface area contributed by atoms with Crippen molar-refractivity contribution in [3.63, 3.8) is 0 Å². The average Bonchev–Trinajstić information content (AvgIpc) is 2.51. The summed E-state index contributed by atoms with van der Waals surface area (Å²) in [6.07, 6.45) is 3.60. The van der Waals surface area contributed by atoms with Crippen molar-refractivity contribution < 1.29 is 13.2 Å². The molecule has 1 aliphatic heterocycles. The number of hydrogen-bond acceptors (Lipinski definition) is 4. The molecule has 0 radical (unpaired) electrons. The molecule has 1 heterocycles. The van der Waals surface area contributed by atoms with Gasteiger partial charge in [0.05, 0.1) is 12.8 Å². The van der Waals surface area contributed by atoms with E-state index in [0.29, 0.717) is 32.7 Å². The van der Waals surface area contributed by atoms with Crippen LogP contribution in [0, 0.1) is 0 Å². The molecule has 1 amide bonds. The minimum absolute atomic E-state index is 0.0531. The van der Waals surface area contributed by atoms with Crippen molar-refractivity contribution in [3.8, 4) is 0 Å². The lowest BCUT2D eigenvalue weighted by Crippen LogP contribution is -2.39. The second-order valence-corrected chi connectivity index (χ2v) is 6.37. The van der Waals surface area contributed by atoms with Crippen LogP contribution in [0.2, 0.25) is 0 Å². The molecular formula is C11H21N3O3S. The fraction of sp³-hybridized carbons (Fsp3) is 0.727. The van der Waals surface area contributed by atoms with Crippen LogP contribution in [0.15, 0.2) is 12.7 Å². The molecule has 0 spiro atoms. The van der Waals surface area contributed by atoms with Crippen LogP contribution in [-0.4, -0.2) is 69.1 Å². The Morgan fingerprint density at radius 3 is 2.67 bits per heavy atom. The van der Waals surface area contributed by atoms with Crippen LogP contribution in [0.5, 0.6) is 0 Å². The summed E-state index contributed by atoms with van der Waals surface area (Å²) in [7, 11) is -3.12. The molecule has 0 aromatic rings. The maximum absolute atomic E-state index is 11.5. The molecular weight excluding hydrogens is 254 g/mol. The van der Waals surface area contributed by atoms with E-state index in [0.717, 1.165) is 13.0 Å². The minimum atomic E-state index is -3.12. The fourth-order valence-corrected chi connectivity index (χ4v) is 2.76. The van der Waals surface area contributed by atoms with Gasteiger partial charge in [0.25, 0.3) is 0 Å². The topological polar surface area (TPSA) is 69.7 Å². The first-order chi connectivity index (χ1) is 8.43. The van der Waals surface area contributed by atoms with Gasteiger partial charge in [0, 0.05) is 26.2 Å². The molecule has 0 aromatic carbocycles. The lowest BCUT2D eigenvalue weighted by molar-refractivity contribution is -0.122. The van der Waals surface area contributed by atoms with Gasteiger partial charge in [0.1, 0.15) is 0 Å². The Hall–Kier alpha value is -0.920. The predicted octanol–water partition coefficient (Wildman–Crippen LogP) is -0.744. The SMILES string of the molecule is C=CCNC(=O)CN1CCCN(S(C)(=O)=O)CC1. The summed E-state index contributed by atoms with van der Waals surface area (Å²) in [5, 5.41) is 2.71. The van der Waals surface area contributed by atoms with Gasteiger partial charge >= 0.3 is 0 Å². The highest BCUT2D eigenvalue weighted by Gasteiger charge is 2.22. The first-order valence-electron chi connectivity index (χ1n) is 5.98. The quantitative estimate of drug-likeness (QED) is 0.671. The summed E-state index contributed by atoms with van der Waals surface area (Å²) >= 11 is 0. The molecule has 104 valence electrons. The largest absolute Gasteiger partial charge is 0.352 e. The highest BCUT2D eigenvalue weighted by molar-refractivity contribution is 7.88. The summed E-state index contributed by atoms with van der Waals surface area (Å²) < 4.78 is 24.3. The summed E-state index contributed by atoms with van der Waals surface area (Å²) in [6.45, 7) is 6.62. The molecule has 0 aromatic heterocycles. The monoisotopic (exact) mass is 275 g/mol. The average molecular weight is 275 g/mol. The van der Waals surface area contributed by atoms with E-state index in [1.165, 1.54) is 10.6 Å². The van der Waals surface area contributed by atoms with E-state index in [9.17, 15) is 13.2 Å². The Labute approximate surface area is 109 Å². The zero-order valence-electron chi connectivity index (χ0n) is 10.8. The number of sulfonamides is 1. The first kappa shape index (κ1) is 15.1. The van der Waals surface area contributed by atoms with E-state index in [2.05, 4.69) is 11.9 Å². The molecule has 0 unspecified atom stereocenters. The summed E-state index contributed by atoms with van der Waals surface area (Å²) in [6, 6.07) is 0.